The van der Waals surface area contributed by atoms with Gasteiger partial charge in [0, 0.05) is 25.6 Å². The van der Waals surface area contributed by atoms with E-state index >= 15 is 0 Å². The Bertz CT molecular complexity index is 1120. The molecule has 0 radical (unpaired) electrons. The first kappa shape index (κ1) is 28.6. The molecule has 0 heterocycles. The molecule has 1 saturated carbocycles. The van der Waals surface area contributed by atoms with Gasteiger partial charge in [-0.2, -0.15) is 0 Å². The molecule has 2 aromatic carbocycles. The highest BCUT2D eigenvalue weighted by Gasteiger charge is 2.30. The largest absolute Gasteiger partial charge is 0.352 e. The number of carbonyl (C=O) groups excluding carboxylic acids is 2. The van der Waals surface area contributed by atoms with Crippen LogP contribution in [0.3, 0.4) is 0 Å². The number of carbonyl (C=O) groups is 2. The van der Waals surface area contributed by atoms with Gasteiger partial charge in [-0.25, -0.2) is 12.8 Å². The number of hydrogen-bond acceptors (Lipinski definition) is 4. The summed E-state index contributed by atoms with van der Waals surface area (Å²) in [6, 6.07) is 14.3. The molecule has 0 spiro atoms. The Morgan fingerprint density at radius 3 is 2.27 bits per heavy atom. The van der Waals surface area contributed by atoms with E-state index in [1.807, 2.05) is 37.3 Å². The second-order valence-electron chi connectivity index (χ2n) is 9.69. The van der Waals surface area contributed by atoms with Crippen LogP contribution in [-0.2, 0) is 26.2 Å². The summed E-state index contributed by atoms with van der Waals surface area (Å²) >= 11 is 0. The van der Waals surface area contributed by atoms with Crippen LogP contribution >= 0.6 is 0 Å². The molecule has 202 valence electrons. The van der Waals surface area contributed by atoms with Crippen LogP contribution in [0.25, 0.3) is 0 Å². The third kappa shape index (κ3) is 8.55. The van der Waals surface area contributed by atoms with Gasteiger partial charge in [-0.15, -0.1) is 0 Å². The Labute approximate surface area is 220 Å². The number of amides is 2. The maximum Gasteiger partial charge on any atom is 0.243 e. The van der Waals surface area contributed by atoms with Gasteiger partial charge in [0.1, 0.15) is 11.9 Å². The number of sulfonamides is 1. The van der Waals surface area contributed by atoms with E-state index in [1.165, 1.54) is 35.0 Å². The molecule has 0 bridgehead atoms. The van der Waals surface area contributed by atoms with Crippen molar-refractivity contribution in [3.8, 4) is 0 Å². The number of hydrogen-bond donors (Lipinski definition) is 1. The molecule has 1 N–H and O–H groups in total. The van der Waals surface area contributed by atoms with Gasteiger partial charge < -0.3 is 10.2 Å². The molecule has 0 aliphatic heterocycles. The van der Waals surface area contributed by atoms with Crippen LogP contribution in [0.5, 0.6) is 0 Å². The van der Waals surface area contributed by atoms with E-state index in [0.29, 0.717) is 18.7 Å². The second kappa shape index (κ2) is 13.6. The van der Waals surface area contributed by atoms with Gasteiger partial charge in [-0.05, 0) is 55.5 Å². The molecule has 0 saturated heterocycles. The number of nitrogens with one attached hydrogen (secondary N) is 1. The van der Waals surface area contributed by atoms with Crippen LogP contribution in [0.2, 0.25) is 0 Å². The number of rotatable bonds is 12. The van der Waals surface area contributed by atoms with E-state index in [2.05, 4.69) is 5.32 Å². The fourth-order valence-corrected chi connectivity index (χ4v) is 5.82. The van der Waals surface area contributed by atoms with Crippen molar-refractivity contribution in [3.63, 3.8) is 0 Å². The highest BCUT2D eigenvalue weighted by Crippen LogP contribution is 2.21. The highest BCUT2D eigenvalue weighted by molar-refractivity contribution is 7.92. The van der Waals surface area contributed by atoms with Gasteiger partial charge in [-0.3, -0.25) is 13.9 Å². The van der Waals surface area contributed by atoms with Gasteiger partial charge in [0.25, 0.3) is 0 Å². The van der Waals surface area contributed by atoms with Gasteiger partial charge in [0.15, 0.2) is 0 Å². The molecule has 1 aliphatic carbocycles. The monoisotopic (exact) mass is 531 g/mol. The first-order valence-electron chi connectivity index (χ1n) is 13.1. The van der Waals surface area contributed by atoms with Crippen molar-refractivity contribution in [2.24, 2.45) is 0 Å². The number of halogens is 1. The van der Waals surface area contributed by atoms with Crippen molar-refractivity contribution in [3.05, 3.63) is 66.0 Å². The first-order chi connectivity index (χ1) is 17.7. The predicted octanol–water partition coefficient (Wildman–Crippen LogP) is 4.63. The SMILES string of the molecule is CCC(C(=O)NC1CCCCC1)N(Cc1ccccc1)C(=O)CCCN(c1ccc(F)cc1)S(C)(=O)=O. The summed E-state index contributed by atoms with van der Waals surface area (Å²) in [5, 5.41) is 3.16. The Hall–Kier alpha value is -2.94. The Morgan fingerprint density at radius 2 is 1.68 bits per heavy atom. The zero-order valence-electron chi connectivity index (χ0n) is 21.7. The average Bonchev–Trinajstić information content (AvgIpc) is 2.87. The highest BCUT2D eigenvalue weighted by atomic mass is 32.2. The summed E-state index contributed by atoms with van der Waals surface area (Å²) in [6.07, 6.45) is 7.19. The van der Waals surface area contributed by atoms with Crippen LogP contribution in [0.4, 0.5) is 10.1 Å². The minimum atomic E-state index is -3.63. The molecule has 1 fully saturated rings. The maximum atomic E-state index is 13.5. The zero-order valence-corrected chi connectivity index (χ0v) is 22.6. The molecule has 37 heavy (non-hydrogen) atoms. The molecule has 1 aliphatic rings. The van der Waals surface area contributed by atoms with E-state index in [-0.39, 0.29) is 37.2 Å². The Balaban J connectivity index is 1.72. The lowest BCUT2D eigenvalue weighted by Gasteiger charge is -2.33. The van der Waals surface area contributed by atoms with Gasteiger partial charge in [0.2, 0.25) is 21.8 Å². The third-order valence-corrected chi connectivity index (χ3v) is 7.99. The average molecular weight is 532 g/mol. The van der Waals surface area contributed by atoms with Crippen LogP contribution in [0, 0.1) is 5.82 Å². The third-order valence-electron chi connectivity index (χ3n) is 6.80. The molecule has 3 rings (SSSR count). The van der Waals surface area contributed by atoms with Gasteiger partial charge in [-0.1, -0.05) is 56.5 Å². The molecule has 7 nitrogen and oxygen atoms in total. The van der Waals surface area contributed by atoms with Crippen LogP contribution in [0.15, 0.2) is 54.6 Å². The van der Waals surface area contributed by atoms with E-state index in [9.17, 15) is 22.4 Å². The van der Waals surface area contributed by atoms with Crippen molar-refractivity contribution >= 4 is 27.5 Å². The number of nitrogens with zero attached hydrogens (tertiary/aromatic N) is 2. The maximum absolute atomic E-state index is 13.5. The number of anilines is 1. The molecule has 1 atom stereocenters. The van der Waals surface area contributed by atoms with Crippen LogP contribution < -0.4 is 9.62 Å². The smallest absolute Gasteiger partial charge is 0.243 e. The summed E-state index contributed by atoms with van der Waals surface area (Å²) in [7, 11) is -3.63. The standard InChI is InChI=1S/C28H38FN3O4S/c1-3-26(28(34)30-24-13-8-5-9-14-24)31(21-22-11-6-4-7-12-22)27(33)15-10-20-32(37(2,35)36)25-18-16-23(29)17-19-25/h4,6-7,11-12,16-19,24,26H,3,5,8-10,13-15,20-21H2,1-2H3,(H,30,34). The molecule has 2 aromatic rings. The minimum Gasteiger partial charge on any atom is -0.352 e. The summed E-state index contributed by atoms with van der Waals surface area (Å²) in [5.41, 5.74) is 1.26. The number of benzene rings is 2. The quantitative estimate of drug-likeness (QED) is 0.433. The lowest BCUT2D eigenvalue weighted by Crippen LogP contribution is -2.51. The predicted molar refractivity (Wildman–Crippen MR) is 144 cm³/mol. The van der Waals surface area contributed by atoms with Gasteiger partial charge in [0.05, 0.1) is 11.9 Å². The van der Waals surface area contributed by atoms with E-state index < -0.39 is 21.9 Å². The molecular formula is C28H38FN3O4S. The Kier molecular flexibility index (Phi) is 10.5. The lowest BCUT2D eigenvalue weighted by molar-refractivity contribution is -0.141. The zero-order chi connectivity index (χ0) is 26.8. The van der Waals surface area contributed by atoms with Crippen molar-refractivity contribution in [2.45, 2.75) is 76.9 Å². The Morgan fingerprint density at radius 1 is 1.03 bits per heavy atom. The summed E-state index contributed by atoms with van der Waals surface area (Å²) in [4.78, 5) is 28.4. The van der Waals surface area contributed by atoms with Crippen LogP contribution in [0.1, 0.15) is 63.9 Å². The fourth-order valence-electron chi connectivity index (χ4n) is 4.86. The minimum absolute atomic E-state index is 0.0699. The van der Waals surface area contributed by atoms with E-state index in [1.54, 1.807) is 4.90 Å². The molecule has 9 heteroatoms. The molecular weight excluding hydrogens is 493 g/mol. The van der Waals surface area contributed by atoms with Crippen molar-refractivity contribution < 1.29 is 22.4 Å². The lowest BCUT2D eigenvalue weighted by atomic mass is 9.95. The molecule has 0 aromatic heterocycles. The second-order valence-corrected chi connectivity index (χ2v) is 11.6. The van der Waals surface area contributed by atoms with Crippen molar-refractivity contribution in [1.82, 2.24) is 10.2 Å². The first-order valence-corrected chi connectivity index (χ1v) is 14.9. The van der Waals surface area contributed by atoms with E-state index in [4.69, 9.17) is 0 Å². The summed E-state index contributed by atoms with van der Waals surface area (Å²) in [6.45, 7) is 2.26. The molecule has 2 amide bonds. The van der Waals surface area contributed by atoms with Gasteiger partial charge >= 0.3 is 0 Å². The molecule has 1 unspecified atom stereocenters. The summed E-state index contributed by atoms with van der Waals surface area (Å²) in [5.74, 6) is -0.800. The summed E-state index contributed by atoms with van der Waals surface area (Å²) < 4.78 is 39.3. The van der Waals surface area contributed by atoms with E-state index in [0.717, 1.165) is 37.5 Å². The fraction of sp³-hybridized carbons (Fsp3) is 0.500. The van der Waals surface area contributed by atoms with Crippen LogP contribution in [-0.4, -0.2) is 50.0 Å². The van der Waals surface area contributed by atoms with Crippen molar-refractivity contribution in [1.29, 1.82) is 0 Å². The topological polar surface area (TPSA) is 86.8 Å². The normalized spacial score (nSPS) is 15.1. The van der Waals surface area contributed by atoms with Crippen molar-refractivity contribution in [2.75, 3.05) is 17.1 Å².